The number of methoxy groups -OCH3 is 1. The molecule has 25 heavy (non-hydrogen) atoms. The second-order valence-electron chi connectivity index (χ2n) is 8.25. The fourth-order valence-corrected chi connectivity index (χ4v) is 3.95. The van der Waals surface area contributed by atoms with Crippen molar-refractivity contribution in [2.24, 2.45) is 0 Å². The van der Waals surface area contributed by atoms with E-state index in [-0.39, 0.29) is 16.9 Å². The maximum Gasteiger partial charge on any atom is 0.332 e. The van der Waals surface area contributed by atoms with Gasteiger partial charge in [0.15, 0.2) is 8.32 Å². The number of hydrogen-bond donors (Lipinski definition) is 1. The van der Waals surface area contributed by atoms with E-state index >= 15 is 0 Å². The summed E-state index contributed by atoms with van der Waals surface area (Å²) < 4.78 is 11.7. The third-order valence-electron chi connectivity index (χ3n) is 5.66. The van der Waals surface area contributed by atoms with Crippen molar-refractivity contribution in [3.05, 3.63) is 48.2 Å². The average Bonchev–Trinajstić information content (AvgIpc) is 3.05. The van der Waals surface area contributed by atoms with Gasteiger partial charge in [0.2, 0.25) is 0 Å². The second-order valence-corrected chi connectivity index (χ2v) is 13.1. The van der Waals surface area contributed by atoms with E-state index in [0.29, 0.717) is 13.0 Å². The number of benzene rings is 1. The SMILES string of the molecule is COC(=O)C1(C(CO[Si](C)(C)C(C)(C)C)c2ccccc2)CC=CN1. The zero-order chi connectivity index (χ0) is 18.7. The monoisotopic (exact) mass is 361 g/mol. The van der Waals surface area contributed by atoms with E-state index < -0.39 is 13.9 Å². The Hall–Kier alpha value is -1.59. The molecular weight excluding hydrogens is 330 g/mol. The van der Waals surface area contributed by atoms with Gasteiger partial charge in [-0.25, -0.2) is 4.79 Å². The van der Waals surface area contributed by atoms with Gasteiger partial charge in [-0.3, -0.25) is 0 Å². The van der Waals surface area contributed by atoms with Crippen LogP contribution in [0.2, 0.25) is 18.1 Å². The Bertz CT molecular complexity index is 612. The highest BCUT2D eigenvalue weighted by Crippen LogP contribution is 2.40. The number of carbonyl (C=O) groups excluding carboxylic acids is 1. The summed E-state index contributed by atoms with van der Waals surface area (Å²) in [7, 11) is -0.484. The lowest BCUT2D eigenvalue weighted by Gasteiger charge is -2.41. The summed E-state index contributed by atoms with van der Waals surface area (Å²) in [5.41, 5.74) is 0.279. The van der Waals surface area contributed by atoms with Crippen LogP contribution in [0.4, 0.5) is 0 Å². The molecular formula is C20H31NO3Si. The minimum absolute atomic E-state index is 0.119. The van der Waals surface area contributed by atoms with Crippen LogP contribution in [0.15, 0.2) is 42.6 Å². The molecule has 138 valence electrons. The number of nitrogens with one attached hydrogen (secondary N) is 1. The molecule has 0 saturated carbocycles. The standard InChI is InChI=1S/C20H31NO3Si/c1-19(2,3)25(5,6)24-15-17(16-11-8-7-9-12-16)20(18(22)23-4)13-10-14-21-20/h7-12,14,17,21H,13,15H2,1-6H3. The first-order valence-electron chi connectivity index (χ1n) is 8.84. The fraction of sp³-hybridized carbons (Fsp3) is 0.550. The topological polar surface area (TPSA) is 47.6 Å². The Kier molecular flexibility index (Phi) is 5.79. The highest BCUT2D eigenvalue weighted by molar-refractivity contribution is 6.74. The van der Waals surface area contributed by atoms with Crippen LogP contribution in [0.25, 0.3) is 0 Å². The molecule has 0 fully saturated rings. The van der Waals surface area contributed by atoms with Gasteiger partial charge in [0.25, 0.3) is 0 Å². The molecule has 5 heteroatoms. The van der Waals surface area contributed by atoms with Gasteiger partial charge in [0.05, 0.1) is 7.11 Å². The molecule has 0 amide bonds. The van der Waals surface area contributed by atoms with Crippen LogP contribution in [0.5, 0.6) is 0 Å². The largest absolute Gasteiger partial charge is 0.467 e. The second kappa shape index (κ2) is 7.34. The van der Waals surface area contributed by atoms with Crippen molar-refractivity contribution >= 4 is 14.3 Å². The molecule has 1 heterocycles. The zero-order valence-electron chi connectivity index (χ0n) is 16.3. The van der Waals surface area contributed by atoms with Gasteiger partial charge in [-0.2, -0.15) is 0 Å². The van der Waals surface area contributed by atoms with Gasteiger partial charge in [-0.05, 0) is 29.9 Å². The van der Waals surface area contributed by atoms with E-state index in [1.165, 1.54) is 7.11 Å². The minimum atomic E-state index is -1.93. The van der Waals surface area contributed by atoms with Crippen LogP contribution >= 0.6 is 0 Å². The fourth-order valence-electron chi connectivity index (χ4n) is 2.94. The molecule has 0 bridgehead atoms. The summed E-state index contributed by atoms with van der Waals surface area (Å²) in [6.45, 7) is 11.6. The van der Waals surface area contributed by atoms with Crippen LogP contribution < -0.4 is 5.32 Å². The van der Waals surface area contributed by atoms with E-state index in [4.69, 9.17) is 9.16 Å². The molecule has 0 spiro atoms. The normalized spacial score (nSPS) is 21.7. The van der Waals surface area contributed by atoms with Crippen LogP contribution in [0.1, 0.15) is 38.7 Å². The third-order valence-corrected chi connectivity index (χ3v) is 10.2. The Morgan fingerprint density at radius 1 is 1.28 bits per heavy atom. The molecule has 0 aromatic heterocycles. The molecule has 0 aliphatic carbocycles. The molecule has 2 unspecified atom stereocenters. The maximum absolute atomic E-state index is 12.7. The Labute approximate surface area is 152 Å². The maximum atomic E-state index is 12.7. The Morgan fingerprint density at radius 2 is 1.92 bits per heavy atom. The third kappa shape index (κ3) is 3.98. The van der Waals surface area contributed by atoms with E-state index in [1.54, 1.807) is 0 Å². The first kappa shape index (κ1) is 19.7. The number of ether oxygens (including phenoxy) is 1. The van der Waals surface area contributed by atoms with Gasteiger partial charge < -0.3 is 14.5 Å². The quantitative estimate of drug-likeness (QED) is 0.609. The van der Waals surface area contributed by atoms with Crippen LogP contribution in [-0.4, -0.2) is 33.5 Å². The lowest BCUT2D eigenvalue weighted by Crippen LogP contribution is -2.55. The average molecular weight is 362 g/mol. The Morgan fingerprint density at radius 3 is 2.40 bits per heavy atom. The van der Waals surface area contributed by atoms with Crippen LogP contribution in [-0.2, 0) is 14.0 Å². The van der Waals surface area contributed by atoms with Gasteiger partial charge in [0, 0.05) is 18.9 Å². The number of esters is 1. The summed E-state index contributed by atoms with van der Waals surface area (Å²) >= 11 is 0. The molecule has 1 N–H and O–H groups in total. The van der Waals surface area contributed by atoms with Crippen LogP contribution in [0.3, 0.4) is 0 Å². The molecule has 2 atom stereocenters. The van der Waals surface area contributed by atoms with Gasteiger partial charge in [0.1, 0.15) is 5.54 Å². The van der Waals surface area contributed by atoms with E-state index in [1.807, 2.05) is 30.5 Å². The smallest absolute Gasteiger partial charge is 0.332 e. The first-order valence-corrected chi connectivity index (χ1v) is 11.7. The van der Waals surface area contributed by atoms with Crippen molar-refractivity contribution < 1.29 is 14.0 Å². The summed E-state index contributed by atoms with van der Waals surface area (Å²) in [6, 6.07) is 10.1. The molecule has 1 aliphatic heterocycles. The van der Waals surface area contributed by atoms with Crippen molar-refractivity contribution in [1.82, 2.24) is 5.32 Å². The molecule has 2 rings (SSSR count). The first-order chi connectivity index (χ1) is 11.6. The highest BCUT2D eigenvalue weighted by Gasteiger charge is 2.49. The summed E-state index contributed by atoms with van der Waals surface area (Å²) in [5, 5.41) is 3.39. The predicted octanol–water partition coefficient (Wildman–Crippen LogP) is 4.21. The lowest BCUT2D eigenvalue weighted by atomic mass is 9.78. The number of rotatable bonds is 6. The van der Waals surface area contributed by atoms with Crippen molar-refractivity contribution in [2.45, 2.75) is 56.8 Å². The van der Waals surface area contributed by atoms with Crippen molar-refractivity contribution in [3.63, 3.8) is 0 Å². The molecule has 4 nitrogen and oxygen atoms in total. The van der Waals surface area contributed by atoms with Crippen molar-refractivity contribution in [2.75, 3.05) is 13.7 Å². The van der Waals surface area contributed by atoms with Gasteiger partial charge in [-0.15, -0.1) is 0 Å². The lowest BCUT2D eigenvalue weighted by molar-refractivity contribution is -0.149. The van der Waals surface area contributed by atoms with Gasteiger partial charge in [-0.1, -0.05) is 57.2 Å². The molecule has 1 aromatic rings. The molecule has 0 radical (unpaired) electrons. The summed E-state index contributed by atoms with van der Waals surface area (Å²) in [4.78, 5) is 12.7. The van der Waals surface area contributed by atoms with Crippen LogP contribution in [0, 0.1) is 0 Å². The Balaban J connectivity index is 2.36. The highest BCUT2D eigenvalue weighted by atomic mass is 28.4. The number of hydrogen-bond acceptors (Lipinski definition) is 4. The van der Waals surface area contributed by atoms with Gasteiger partial charge >= 0.3 is 5.97 Å². The zero-order valence-corrected chi connectivity index (χ0v) is 17.3. The summed E-state index contributed by atoms with van der Waals surface area (Å²) in [6.07, 6.45) is 4.43. The van der Waals surface area contributed by atoms with E-state index in [9.17, 15) is 4.79 Å². The summed E-state index contributed by atoms with van der Waals surface area (Å²) in [5.74, 6) is -0.365. The van der Waals surface area contributed by atoms with Crippen molar-refractivity contribution in [1.29, 1.82) is 0 Å². The molecule has 1 aliphatic rings. The van der Waals surface area contributed by atoms with E-state index in [0.717, 1.165) is 5.56 Å². The molecule has 0 saturated heterocycles. The van der Waals surface area contributed by atoms with E-state index in [2.05, 4.69) is 51.3 Å². The van der Waals surface area contributed by atoms with Crippen molar-refractivity contribution in [3.8, 4) is 0 Å². The molecule has 1 aromatic carbocycles. The number of carbonyl (C=O) groups is 1. The predicted molar refractivity (Wildman–Crippen MR) is 104 cm³/mol. The minimum Gasteiger partial charge on any atom is -0.467 e.